The highest BCUT2D eigenvalue weighted by molar-refractivity contribution is 5.82. The largest absolute Gasteiger partial charge is 0.459 e. The van der Waals surface area contributed by atoms with E-state index in [4.69, 9.17) is 9.47 Å². The maximum Gasteiger partial charge on any atom is 0.327 e. The number of carbonyl (C=O) groups is 1. The van der Waals surface area contributed by atoms with Gasteiger partial charge >= 0.3 is 5.97 Å². The summed E-state index contributed by atoms with van der Waals surface area (Å²) in [5.41, 5.74) is -0.749. The Hall–Kier alpha value is -0.610. The number of hydrogen-bond donors (Lipinski definition) is 0. The summed E-state index contributed by atoms with van der Waals surface area (Å²) in [6.07, 6.45) is 4.06. The molecule has 0 aromatic carbocycles. The van der Waals surface area contributed by atoms with Crippen LogP contribution in [0.1, 0.15) is 46.5 Å². The first-order valence-corrected chi connectivity index (χ1v) is 7.50. The molecule has 3 aliphatic rings. The molecule has 0 aromatic rings. The molecule has 108 valence electrons. The van der Waals surface area contributed by atoms with Crippen LogP contribution in [-0.4, -0.2) is 47.8 Å². The van der Waals surface area contributed by atoms with E-state index < -0.39 is 5.60 Å². The number of fused-ring (bicyclic) bond motifs is 3. The number of hydrogen-bond acceptors (Lipinski definition) is 4. The second kappa shape index (κ2) is 4.45. The maximum atomic E-state index is 12.7. The van der Waals surface area contributed by atoms with E-state index in [0.717, 1.165) is 45.4 Å². The molecule has 0 aliphatic carbocycles. The Morgan fingerprint density at radius 2 is 2.21 bits per heavy atom. The normalized spacial score (nSPS) is 38.9. The lowest BCUT2D eigenvalue weighted by molar-refractivity contribution is -0.167. The molecule has 3 atom stereocenters. The third kappa shape index (κ3) is 2.19. The third-order valence-electron chi connectivity index (χ3n) is 4.75. The van der Waals surface area contributed by atoms with E-state index in [2.05, 4.69) is 4.90 Å². The fourth-order valence-electron chi connectivity index (χ4n) is 4.10. The smallest absolute Gasteiger partial charge is 0.327 e. The van der Waals surface area contributed by atoms with Crippen molar-refractivity contribution in [2.45, 2.75) is 63.6 Å². The number of carbonyl (C=O) groups excluding carboxylic acids is 1. The molecule has 0 spiro atoms. The molecule has 0 aromatic heterocycles. The number of nitrogens with zero attached hydrogens (tertiary/aromatic N) is 1. The average molecular weight is 267 g/mol. The summed E-state index contributed by atoms with van der Waals surface area (Å²) in [4.78, 5) is 15.1. The molecule has 4 heteroatoms. The molecule has 0 unspecified atom stereocenters. The highest BCUT2D eigenvalue weighted by Gasteiger charge is 2.59. The van der Waals surface area contributed by atoms with Crippen molar-refractivity contribution in [3.63, 3.8) is 0 Å². The maximum absolute atomic E-state index is 12.7. The van der Waals surface area contributed by atoms with Crippen molar-refractivity contribution in [2.75, 3.05) is 19.8 Å². The molecule has 0 N–H and O–H groups in total. The lowest BCUT2D eigenvalue weighted by Crippen LogP contribution is -2.51. The van der Waals surface area contributed by atoms with Gasteiger partial charge in [0, 0.05) is 18.6 Å². The van der Waals surface area contributed by atoms with Crippen LogP contribution in [0.5, 0.6) is 0 Å². The topological polar surface area (TPSA) is 38.8 Å². The fraction of sp³-hybridized carbons (Fsp3) is 0.933. The highest BCUT2D eigenvalue weighted by Crippen LogP contribution is 2.48. The highest BCUT2D eigenvalue weighted by atomic mass is 16.6. The van der Waals surface area contributed by atoms with Gasteiger partial charge in [0.2, 0.25) is 0 Å². The van der Waals surface area contributed by atoms with Gasteiger partial charge in [0.25, 0.3) is 0 Å². The zero-order chi connectivity index (χ0) is 13.7. The Morgan fingerprint density at radius 1 is 1.42 bits per heavy atom. The minimum Gasteiger partial charge on any atom is -0.459 e. The van der Waals surface area contributed by atoms with Gasteiger partial charge in [-0.1, -0.05) is 0 Å². The molecule has 0 radical (unpaired) electrons. The molecule has 3 heterocycles. The van der Waals surface area contributed by atoms with Crippen LogP contribution in [0, 0.1) is 5.92 Å². The Morgan fingerprint density at radius 3 is 2.95 bits per heavy atom. The van der Waals surface area contributed by atoms with E-state index in [1.165, 1.54) is 0 Å². The Balaban J connectivity index is 1.83. The number of ether oxygens (including phenoxy) is 2. The molecular formula is C15H25NO3. The van der Waals surface area contributed by atoms with E-state index in [1.54, 1.807) is 0 Å². The van der Waals surface area contributed by atoms with Crippen molar-refractivity contribution in [3.8, 4) is 0 Å². The van der Waals surface area contributed by atoms with Crippen molar-refractivity contribution in [3.05, 3.63) is 0 Å². The summed E-state index contributed by atoms with van der Waals surface area (Å²) in [5.74, 6) is 0.508. The molecule has 0 bridgehead atoms. The predicted octanol–water partition coefficient (Wildman–Crippen LogP) is 1.97. The fourth-order valence-corrected chi connectivity index (χ4v) is 4.10. The quantitative estimate of drug-likeness (QED) is 0.681. The lowest BCUT2D eigenvalue weighted by Gasteiger charge is -2.36. The van der Waals surface area contributed by atoms with Crippen molar-refractivity contribution in [1.82, 2.24) is 4.90 Å². The van der Waals surface area contributed by atoms with Gasteiger partial charge in [-0.3, -0.25) is 9.69 Å². The zero-order valence-electron chi connectivity index (χ0n) is 12.3. The molecule has 3 aliphatic heterocycles. The Labute approximate surface area is 115 Å². The van der Waals surface area contributed by atoms with E-state index >= 15 is 0 Å². The van der Waals surface area contributed by atoms with Gasteiger partial charge in [0.1, 0.15) is 11.1 Å². The standard InChI is InChI=1S/C15H25NO3/c1-14(2,3)19-13(17)15-6-4-7-16(15)12-5-8-18-10-11(12)9-15/h11-12H,4-10H2,1-3H3/t11-,12+,15-/m0/s1. The van der Waals surface area contributed by atoms with E-state index in [-0.39, 0.29) is 11.5 Å². The molecule has 3 fully saturated rings. The van der Waals surface area contributed by atoms with E-state index in [1.807, 2.05) is 20.8 Å². The summed E-state index contributed by atoms with van der Waals surface area (Å²) in [7, 11) is 0. The average Bonchev–Trinajstić information content (AvgIpc) is 2.83. The Bertz CT molecular complexity index is 376. The predicted molar refractivity (Wildman–Crippen MR) is 71.8 cm³/mol. The van der Waals surface area contributed by atoms with Gasteiger partial charge in [-0.25, -0.2) is 0 Å². The van der Waals surface area contributed by atoms with Gasteiger partial charge < -0.3 is 9.47 Å². The van der Waals surface area contributed by atoms with Crippen molar-refractivity contribution in [2.24, 2.45) is 5.92 Å². The molecule has 0 amide bonds. The second-order valence-electron chi connectivity index (χ2n) is 7.23. The molecule has 3 rings (SSSR count). The first kappa shape index (κ1) is 13.4. The summed E-state index contributed by atoms with van der Waals surface area (Å²) >= 11 is 0. The van der Waals surface area contributed by atoms with Crippen LogP contribution < -0.4 is 0 Å². The summed E-state index contributed by atoms with van der Waals surface area (Å²) in [6, 6.07) is 0.531. The van der Waals surface area contributed by atoms with Gasteiger partial charge in [-0.15, -0.1) is 0 Å². The van der Waals surface area contributed by atoms with Crippen molar-refractivity contribution < 1.29 is 14.3 Å². The van der Waals surface area contributed by atoms with Crippen LogP contribution in [0.15, 0.2) is 0 Å². The molecule has 4 nitrogen and oxygen atoms in total. The SMILES string of the molecule is CC(C)(C)OC(=O)[C@@]12CCCN1[C@@H]1CCOC[C@@H]1C2. The summed E-state index contributed by atoms with van der Waals surface area (Å²) < 4.78 is 11.3. The molecular weight excluding hydrogens is 242 g/mol. The first-order valence-electron chi connectivity index (χ1n) is 7.50. The summed E-state index contributed by atoms with van der Waals surface area (Å²) in [5, 5.41) is 0. The molecule has 0 saturated carbocycles. The molecule has 3 saturated heterocycles. The van der Waals surface area contributed by atoms with Crippen LogP contribution in [0.2, 0.25) is 0 Å². The number of esters is 1. The number of rotatable bonds is 1. The second-order valence-corrected chi connectivity index (χ2v) is 7.23. The van der Waals surface area contributed by atoms with Gasteiger partial charge in [0.05, 0.1) is 6.61 Å². The van der Waals surface area contributed by atoms with Gasteiger partial charge in [-0.2, -0.15) is 0 Å². The minimum absolute atomic E-state index is 0.00750. The third-order valence-corrected chi connectivity index (χ3v) is 4.75. The van der Waals surface area contributed by atoms with Crippen molar-refractivity contribution >= 4 is 5.97 Å². The van der Waals surface area contributed by atoms with Crippen LogP contribution in [-0.2, 0) is 14.3 Å². The molecule has 19 heavy (non-hydrogen) atoms. The van der Waals surface area contributed by atoms with Crippen LogP contribution >= 0.6 is 0 Å². The van der Waals surface area contributed by atoms with Gasteiger partial charge in [-0.05, 0) is 53.0 Å². The monoisotopic (exact) mass is 267 g/mol. The van der Waals surface area contributed by atoms with Crippen LogP contribution in [0.4, 0.5) is 0 Å². The first-order chi connectivity index (χ1) is 8.92. The minimum atomic E-state index is -0.398. The van der Waals surface area contributed by atoms with Crippen LogP contribution in [0.3, 0.4) is 0 Å². The van der Waals surface area contributed by atoms with Crippen molar-refractivity contribution in [1.29, 1.82) is 0 Å². The zero-order valence-corrected chi connectivity index (χ0v) is 12.3. The van der Waals surface area contributed by atoms with Gasteiger partial charge in [0.15, 0.2) is 0 Å². The van der Waals surface area contributed by atoms with E-state index in [9.17, 15) is 4.79 Å². The summed E-state index contributed by atoms with van der Waals surface area (Å²) in [6.45, 7) is 8.54. The van der Waals surface area contributed by atoms with Crippen LogP contribution in [0.25, 0.3) is 0 Å². The lowest BCUT2D eigenvalue weighted by atomic mass is 9.87. The van der Waals surface area contributed by atoms with E-state index in [0.29, 0.717) is 12.0 Å². The Kier molecular flexibility index (Phi) is 3.13.